The van der Waals surface area contributed by atoms with Gasteiger partial charge in [0, 0.05) is 11.3 Å². The van der Waals surface area contributed by atoms with Crippen LogP contribution >= 0.6 is 0 Å². The van der Waals surface area contributed by atoms with Gasteiger partial charge in [-0.3, -0.25) is 0 Å². The maximum Gasteiger partial charge on any atom is 0.335 e. The second-order valence-corrected chi connectivity index (χ2v) is 11.7. The number of ether oxygens (including phenoxy) is 3. The molecule has 1 N–H and O–H groups in total. The summed E-state index contributed by atoms with van der Waals surface area (Å²) >= 11 is 0. The molecule has 6 atom stereocenters. The second-order valence-electron chi connectivity index (χ2n) is 11.7. The molecule has 5 rings (SSSR count). The highest BCUT2D eigenvalue weighted by Gasteiger charge is 2.60. The van der Waals surface area contributed by atoms with Crippen LogP contribution in [0.1, 0.15) is 82.0 Å². The van der Waals surface area contributed by atoms with Gasteiger partial charge < -0.3 is 19.3 Å². The third kappa shape index (κ3) is 4.19. The van der Waals surface area contributed by atoms with Crippen LogP contribution in [0.15, 0.2) is 36.4 Å². The molecule has 0 spiro atoms. The van der Waals surface area contributed by atoms with Gasteiger partial charge in [-0.15, -0.1) is 0 Å². The molecule has 3 saturated carbocycles. The summed E-state index contributed by atoms with van der Waals surface area (Å²) in [6, 6.07) is 6.76. The first kappa shape index (κ1) is 23.9. The van der Waals surface area contributed by atoms with Crippen molar-refractivity contribution in [3.63, 3.8) is 0 Å². The van der Waals surface area contributed by atoms with Gasteiger partial charge in [-0.2, -0.15) is 0 Å². The van der Waals surface area contributed by atoms with Crippen LogP contribution in [0.5, 0.6) is 5.75 Å². The average molecular weight is 469 g/mol. The van der Waals surface area contributed by atoms with Crippen LogP contribution in [-0.2, 0) is 9.47 Å². The fourth-order valence-corrected chi connectivity index (χ4v) is 7.87. The SMILES string of the molecule is C=C1CCC2[C@]3(C)CO[C@@H](C4CCCC4)O[C@@H]3CC[C@@]2(C)[C@@H]1CCOc1cccc(C(=O)O)c1. The fourth-order valence-electron chi connectivity index (χ4n) is 7.87. The minimum atomic E-state index is -0.932. The summed E-state index contributed by atoms with van der Waals surface area (Å²) in [5, 5.41) is 9.25. The predicted molar refractivity (Wildman–Crippen MR) is 131 cm³/mol. The summed E-state index contributed by atoms with van der Waals surface area (Å²) in [5.74, 6) is 1.19. The summed E-state index contributed by atoms with van der Waals surface area (Å²) in [6.45, 7) is 10.7. The Morgan fingerprint density at radius 1 is 1.18 bits per heavy atom. The van der Waals surface area contributed by atoms with Crippen LogP contribution in [0.25, 0.3) is 0 Å². The molecule has 1 heterocycles. The number of aromatic carboxylic acids is 1. The van der Waals surface area contributed by atoms with Gasteiger partial charge in [-0.25, -0.2) is 4.79 Å². The van der Waals surface area contributed by atoms with Gasteiger partial charge in [0.2, 0.25) is 0 Å². The summed E-state index contributed by atoms with van der Waals surface area (Å²) in [5.41, 5.74) is 1.79. The quantitative estimate of drug-likeness (QED) is 0.485. The molecule has 1 unspecified atom stereocenters. The molecule has 1 aromatic rings. The molecule has 0 radical (unpaired) electrons. The number of carboxylic acid groups (broad SMARTS) is 1. The zero-order valence-corrected chi connectivity index (χ0v) is 20.8. The lowest BCUT2D eigenvalue weighted by Gasteiger charge is -2.63. The van der Waals surface area contributed by atoms with E-state index in [1.807, 2.05) is 6.07 Å². The highest BCUT2D eigenvalue weighted by Crippen LogP contribution is 2.63. The van der Waals surface area contributed by atoms with E-state index in [9.17, 15) is 9.90 Å². The molecule has 1 aromatic carbocycles. The van der Waals surface area contributed by atoms with E-state index in [1.54, 1.807) is 18.2 Å². The zero-order valence-electron chi connectivity index (χ0n) is 20.8. The van der Waals surface area contributed by atoms with E-state index in [4.69, 9.17) is 14.2 Å². The Hall–Kier alpha value is -1.85. The van der Waals surface area contributed by atoms with Crippen molar-refractivity contribution in [2.75, 3.05) is 13.2 Å². The number of rotatable bonds is 6. The van der Waals surface area contributed by atoms with Crippen LogP contribution in [0.3, 0.4) is 0 Å². The van der Waals surface area contributed by atoms with Crippen molar-refractivity contribution < 1.29 is 24.1 Å². The number of allylic oxidation sites excluding steroid dienone is 1. The van der Waals surface area contributed by atoms with Crippen LogP contribution in [0.2, 0.25) is 0 Å². The van der Waals surface area contributed by atoms with Crippen molar-refractivity contribution in [3.8, 4) is 5.75 Å². The van der Waals surface area contributed by atoms with E-state index in [0.29, 0.717) is 30.1 Å². The molecule has 0 amide bonds. The first-order valence-corrected chi connectivity index (χ1v) is 13.2. The van der Waals surface area contributed by atoms with E-state index in [0.717, 1.165) is 38.7 Å². The van der Waals surface area contributed by atoms with Crippen molar-refractivity contribution in [3.05, 3.63) is 42.0 Å². The maximum atomic E-state index is 11.3. The molecule has 3 aliphatic carbocycles. The summed E-state index contributed by atoms with van der Waals surface area (Å²) < 4.78 is 19.1. The minimum Gasteiger partial charge on any atom is -0.494 e. The average Bonchev–Trinajstić information content (AvgIpc) is 3.35. The number of benzene rings is 1. The highest BCUT2D eigenvalue weighted by molar-refractivity contribution is 5.87. The molecule has 1 saturated heterocycles. The maximum absolute atomic E-state index is 11.3. The number of carbonyl (C=O) groups is 1. The number of hydrogen-bond acceptors (Lipinski definition) is 4. The largest absolute Gasteiger partial charge is 0.494 e. The van der Waals surface area contributed by atoms with Crippen molar-refractivity contribution in [2.45, 2.75) is 84.0 Å². The Balaban J connectivity index is 1.27. The Labute approximate surface area is 203 Å². The fraction of sp³-hybridized carbons (Fsp3) is 0.690. The lowest BCUT2D eigenvalue weighted by atomic mass is 9.46. The van der Waals surface area contributed by atoms with Crippen LogP contribution in [0.4, 0.5) is 0 Å². The Morgan fingerprint density at radius 2 is 1.97 bits per heavy atom. The van der Waals surface area contributed by atoms with Crippen LogP contribution in [0, 0.1) is 28.6 Å². The molecule has 0 bridgehead atoms. The smallest absolute Gasteiger partial charge is 0.335 e. The molecule has 4 fully saturated rings. The highest BCUT2D eigenvalue weighted by atomic mass is 16.7. The van der Waals surface area contributed by atoms with Crippen molar-refractivity contribution in [1.82, 2.24) is 0 Å². The predicted octanol–water partition coefficient (Wildman–Crippen LogP) is 6.47. The second kappa shape index (κ2) is 9.31. The molecule has 5 nitrogen and oxygen atoms in total. The molecule has 5 heteroatoms. The Kier molecular flexibility index (Phi) is 6.54. The minimum absolute atomic E-state index is 0.00532. The topological polar surface area (TPSA) is 65.0 Å². The molecule has 1 aliphatic heterocycles. The first-order chi connectivity index (χ1) is 16.3. The molecular formula is C29H40O5. The van der Waals surface area contributed by atoms with Crippen LogP contribution in [-0.4, -0.2) is 36.7 Å². The van der Waals surface area contributed by atoms with Gasteiger partial charge >= 0.3 is 5.97 Å². The van der Waals surface area contributed by atoms with E-state index >= 15 is 0 Å². The van der Waals surface area contributed by atoms with Crippen molar-refractivity contribution in [2.24, 2.45) is 28.6 Å². The van der Waals surface area contributed by atoms with E-state index in [-0.39, 0.29) is 28.8 Å². The zero-order chi connectivity index (χ0) is 23.9. The normalized spacial score (nSPS) is 38.2. The third-order valence-electron chi connectivity index (χ3n) is 9.71. The third-order valence-corrected chi connectivity index (χ3v) is 9.71. The Morgan fingerprint density at radius 3 is 2.74 bits per heavy atom. The van der Waals surface area contributed by atoms with Gasteiger partial charge in [0.05, 0.1) is 24.9 Å². The summed E-state index contributed by atoms with van der Waals surface area (Å²) in [7, 11) is 0. The molecule has 186 valence electrons. The van der Waals surface area contributed by atoms with Gasteiger partial charge in [-0.1, -0.05) is 44.9 Å². The van der Waals surface area contributed by atoms with Crippen molar-refractivity contribution in [1.29, 1.82) is 0 Å². The van der Waals surface area contributed by atoms with Gasteiger partial charge in [0.25, 0.3) is 0 Å². The lowest BCUT2D eigenvalue weighted by Crippen LogP contribution is -2.62. The Bertz CT molecular complexity index is 921. The van der Waals surface area contributed by atoms with E-state index < -0.39 is 5.97 Å². The lowest BCUT2D eigenvalue weighted by molar-refractivity contribution is -0.316. The molecule has 4 aliphatic rings. The van der Waals surface area contributed by atoms with Gasteiger partial charge in [-0.05, 0) is 80.4 Å². The van der Waals surface area contributed by atoms with Gasteiger partial charge in [0.1, 0.15) is 5.75 Å². The number of hydrogen-bond donors (Lipinski definition) is 1. The monoisotopic (exact) mass is 468 g/mol. The molecule has 34 heavy (non-hydrogen) atoms. The summed E-state index contributed by atoms with van der Waals surface area (Å²) in [6.07, 6.45) is 10.7. The standard InChI is InChI=1S/C29H40O5/c1-19-11-12-24-28(2,23(19)14-16-32-22-10-6-9-21(17-22)26(30)31)15-13-25-29(24,3)18-33-27(34-25)20-7-4-5-8-20/h6,9-10,17,20,23-25,27H,1,4-5,7-8,11-16,18H2,2-3H3,(H,30,31)/t23-,24?,25-,27-,28+,29+/m1/s1. The van der Waals surface area contributed by atoms with Crippen LogP contribution < -0.4 is 4.74 Å². The number of carboxylic acids is 1. The molecule has 0 aromatic heterocycles. The van der Waals surface area contributed by atoms with Gasteiger partial charge in [0.15, 0.2) is 6.29 Å². The summed E-state index contributed by atoms with van der Waals surface area (Å²) in [4.78, 5) is 11.3. The molecular weight excluding hydrogens is 428 g/mol. The van der Waals surface area contributed by atoms with E-state index in [1.165, 1.54) is 31.3 Å². The van der Waals surface area contributed by atoms with Crippen molar-refractivity contribution >= 4 is 5.97 Å². The van der Waals surface area contributed by atoms with E-state index in [2.05, 4.69) is 20.4 Å². The number of fused-ring (bicyclic) bond motifs is 3. The first-order valence-electron chi connectivity index (χ1n) is 13.2.